The lowest BCUT2D eigenvalue weighted by molar-refractivity contribution is -0.179. The predicted octanol–water partition coefficient (Wildman–Crippen LogP) is 2.95. The lowest BCUT2D eigenvalue weighted by atomic mass is 9.89. The van der Waals surface area contributed by atoms with Crippen molar-refractivity contribution >= 4 is 0 Å². The molecule has 0 bridgehead atoms. The molecule has 0 aromatic heterocycles. The molecule has 1 heterocycles. The van der Waals surface area contributed by atoms with Gasteiger partial charge in [-0.25, -0.2) is 0 Å². The van der Waals surface area contributed by atoms with Crippen molar-refractivity contribution < 1.29 is 9.47 Å². The van der Waals surface area contributed by atoms with Crippen molar-refractivity contribution in [2.45, 2.75) is 56.4 Å². The van der Waals surface area contributed by atoms with E-state index in [0.29, 0.717) is 12.1 Å². The molecule has 1 unspecified atom stereocenters. The Morgan fingerprint density at radius 2 is 1.75 bits per heavy atom. The van der Waals surface area contributed by atoms with Gasteiger partial charge in [-0.2, -0.15) is 0 Å². The number of ether oxygens (including phenoxy) is 2. The van der Waals surface area contributed by atoms with E-state index >= 15 is 0 Å². The Hall–Kier alpha value is -0.900. The fourth-order valence-corrected chi connectivity index (χ4v) is 4.02. The van der Waals surface area contributed by atoms with Crippen LogP contribution in [0.3, 0.4) is 0 Å². The summed E-state index contributed by atoms with van der Waals surface area (Å²) >= 11 is 0. The summed E-state index contributed by atoms with van der Waals surface area (Å²) in [6.45, 7) is 1.54. The van der Waals surface area contributed by atoms with Crippen molar-refractivity contribution in [1.82, 2.24) is 5.32 Å². The van der Waals surface area contributed by atoms with E-state index in [2.05, 4.69) is 29.6 Å². The maximum atomic E-state index is 5.81. The second-order valence-electron chi connectivity index (χ2n) is 6.34. The van der Waals surface area contributed by atoms with Gasteiger partial charge in [-0.15, -0.1) is 0 Å². The van der Waals surface area contributed by atoms with Gasteiger partial charge < -0.3 is 14.8 Å². The minimum Gasteiger partial charge on any atom is -0.348 e. The highest BCUT2D eigenvalue weighted by Crippen LogP contribution is 2.38. The van der Waals surface area contributed by atoms with Gasteiger partial charge in [-0.05, 0) is 36.8 Å². The average Bonchev–Trinajstić information content (AvgIpc) is 3.10. The third kappa shape index (κ3) is 2.28. The summed E-state index contributed by atoms with van der Waals surface area (Å²) in [5.41, 5.74) is 3.04. The van der Waals surface area contributed by atoms with Crippen LogP contribution in [0.4, 0.5) is 0 Å². The number of aryl methyl sites for hydroxylation is 1. The molecule has 1 N–H and O–H groups in total. The maximum Gasteiger partial charge on any atom is 0.168 e. The van der Waals surface area contributed by atoms with Gasteiger partial charge in [0.2, 0.25) is 0 Å². The minimum absolute atomic E-state index is 0.230. The highest BCUT2D eigenvalue weighted by molar-refractivity contribution is 5.34. The summed E-state index contributed by atoms with van der Waals surface area (Å²) in [6, 6.07) is 10.0. The summed E-state index contributed by atoms with van der Waals surface area (Å²) in [5.74, 6) is -0.230. The van der Waals surface area contributed by atoms with Crippen molar-refractivity contribution in [3.63, 3.8) is 0 Å². The topological polar surface area (TPSA) is 30.5 Å². The molecule has 3 nitrogen and oxygen atoms in total. The van der Waals surface area contributed by atoms with E-state index in [0.717, 1.165) is 26.1 Å². The lowest BCUT2D eigenvalue weighted by Gasteiger charge is -2.36. The van der Waals surface area contributed by atoms with Crippen LogP contribution in [-0.4, -0.2) is 25.0 Å². The van der Waals surface area contributed by atoms with Gasteiger partial charge in [0.05, 0.1) is 13.2 Å². The standard InChI is InChI=1S/C17H23NO2/c1-2-4-15-13(3-1)5-6-16(15)18-14-7-9-17(10-8-14)19-11-12-20-17/h1-4,14,16,18H,5-12H2. The number of rotatable bonds is 2. The Balaban J connectivity index is 1.37. The van der Waals surface area contributed by atoms with Crippen LogP contribution >= 0.6 is 0 Å². The quantitative estimate of drug-likeness (QED) is 0.898. The summed E-state index contributed by atoms with van der Waals surface area (Å²) in [6.07, 6.45) is 6.88. The van der Waals surface area contributed by atoms with Gasteiger partial charge >= 0.3 is 0 Å². The van der Waals surface area contributed by atoms with E-state index in [1.165, 1.54) is 36.8 Å². The molecule has 3 aliphatic rings. The number of benzene rings is 1. The molecule has 1 aliphatic heterocycles. The van der Waals surface area contributed by atoms with Crippen LogP contribution in [0.15, 0.2) is 24.3 Å². The van der Waals surface area contributed by atoms with E-state index < -0.39 is 0 Å². The first kappa shape index (κ1) is 12.8. The van der Waals surface area contributed by atoms with E-state index in [-0.39, 0.29) is 5.79 Å². The number of hydrogen-bond donors (Lipinski definition) is 1. The van der Waals surface area contributed by atoms with E-state index in [1.54, 1.807) is 0 Å². The zero-order chi connectivity index (χ0) is 13.4. The summed E-state index contributed by atoms with van der Waals surface area (Å²) < 4.78 is 11.6. The molecule has 1 spiro atoms. The first-order chi connectivity index (χ1) is 9.85. The van der Waals surface area contributed by atoms with Gasteiger partial charge in [0.1, 0.15) is 0 Å². The Kier molecular flexibility index (Phi) is 3.29. The molecule has 1 atom stereocenters. The molecule has 3 heteroatoms. The predicted molar refractivity (Wildman–Crippen MR) is 77.5 cm³/mol. The van der Waals surface area contributed by atoms with Gasteiger partial charge in [-0.1, -0.05) is 24.3 Å². The first-order valence-corrected chi connectivity index (χ1v) is 7.96. The maximum absolute atomic E-state index is 5.81. The molecule has 2 aliphatic carbocycles. The van der Waals surface area contributed by atoms with Crippen LogP contribution in [0, 0.1) is 0 Å². The van der Waals surface area contributed by atoms with Crippen molar-refractivity contribution in [2.75, 3.05) is 13.2 Å². The van der Waals surface area contributed by atoms with Crippen LogP contribution in [0.5, 0.6) is 0 Å². The minimum atomic E-state index is -0.230. The fraction of sp³-hybridized carbons (Fsp3) is 0.647. The van der Waals surface area contributed by atoms with Gasteiger partial charge in [0, 0.05) is 24.9 Å². The van der Waals surface area contributed by atoms with Gasteiger partial charge in [0.15, 0.2) is 5.79 Å². The highest BCUT2D eigenvalue weighted by Gasteiger charge is 2.40. The normalized spacial score (nSPS) is 28.9. The Labute approximate surface area is 120 Å². The van der Waals surface area contributed by atoms with E-state index in [1.807, 2.05) is 0 Å². The second-order valence-corrected chi connectivity index (χ2v) is 6.34. The van der Waals surface area contributed by atoms with Crippen LogP contribution < -0.4 is 5.32 Å². The molecule has 20 heavy (non-hydrogen) atoms. The average molecular weight is 273 g/mol. The molecule has 0 amide bonds. The molecular formula is C17H23NO2. The molecular weight excluding hydrogens is 250 g/mol. The van der Waals surface area contributed by atoms with Crippen LogP contribution in [0.2, 0.25) is 0 Å². The molecule has 1 aromatic carbocycles. The summed E-state index contributed by atoms with van der Waals surface area (Å²) in [4.78, 5) is 0. The highest BCUT2D eigenvalue weighted by atomic mass is 16.7. The Bertz CT molecular complexity index is 472. The number of hydrogen-bond acceptors (Lipinski definition) is 3. The Morgan fingerprint density at radius 1 is 1.00 bits per heavy atom. The first-order valence-electron chi connectivity index (χ1n) is 7.96. The van der Waals surface area contributed by atoms with E-state index in [9.17, 15) is 0 Å². The van der Waals surface area contributed by atoms with Gasteiger partial charge in [-0.3, -0.25) is 0 Å². The summed E-state index contributed by atoms with van der Waals surface area (Å²) in [7, 11) is 0. The number of fused-ring (bicyclic) bond motifs is 1. The summed E-state index contributed by atoms with van der Waals surface area (Å²) in [5, 5.41) is 3.87. The smallest absolute Gasteiger partial charge is 0.168 e. The van der Waals surface area contributed by atoms with Crippen molar-refractivity contribution in [3.05, 3.63) is 35.4 Å². The zero-order valence-electron chi connectivity index (χ0n) is 11.9. The third-order valence-electron chi connectivity index (χ3n) is 5.13. The monoisotopic (exact) mass is 273 g/mol. The van der Waals surface area contributed by atoms with Gasteiger partial charge in [0.25, 0.3) is 0 Å². The lowest BCUT2D eigenvalue weighted by Crippen LogP contribution is -2.42. The third-order valence-corrected chi connectivity index (χ3v) is 5.13. The Morgan fingerprint density at radius 3 is 2.55 bits per heavy atom. The van der Waals surface area contributed by atoms with Crippen molar-refractivity contribution in [3.8, 4) is 0 Å². The molecule has 0 radical (unpaired) electrons. The van der Waals surface area contributed by atoms with Crippen LogP contribution in [0.25, 0.3) is 0 Å². The number of nitrogens with one attached hydrogen (secondary N) is 1. The fourth-order valence-electron chi connectivity index (χ4n) is 4.02. The molecule has 1 aromatic rings. The van der Waals surface area contributed by atoms with Crippen molar-refractivity contribution in [2.24, 2.45) is 0 Å². The van der Waals surface area contributed by atoms with Crippen molar-refractivity contribution in [1.29, 1.82) is 0 Å². The molecule has 4 rings (SSSR count). The largest absolute Gasteiger partial charge is 0.348 e. The second kappa shape index (κ2) is 5.14. The van der Waals surface area contributed by atoms with Crippen LogP contribution in [0.1, 0.15) is 49.3 Å². The zero-order valence-corrected chi connectivity index (χ0v) is 11.9. The SMILES string of the molecule is c1ccc2c(c1)CCC2NC1CCC2(CC1)OCCO2. The molecule has 1 saturated carbocycles. The van der Waals surface area contributed by atoms with E-state index in [4.69, 9.17) is 9.47 Å². The van der Waals surface area contributed by atoms with Crippen LogP contribution in [-0.2, 0) is 15.9 Å². The molecule has 1 saturated heterocycles. The molecule has 2 fully saturated rings. The molecule has 108 valence electrons.